The average Bonchev–Trinajstić information content (AvgIpc) is 3.23. The minimum Gasteiger partial charge on any atom is -0.496 e. The highest BCUT2D eigenvalue weighted by molar-refractivity contribution is 7.07. The van der Waals surface area contributed by atoms with Crippen molar-refractivity contribution in [1.82, 2.24) is 4.57 Å². The molecule has 2 aliphatic heterocycles. The second-order valence-electron chi connectivity index (χ2n) is 9.33. The van der Waals surface area contributed by atoms with Gasteiger partial charge in [-0.25, -0.2) is 9.79 Å². The van der Waals surface area contributed by atoms with E-state index < -0.39 is 12.0 Å². The Hall–Kier alpha value is -3.36. The second kappa shape index (κ2) is 11.2. The number of allylic oxidation sites excluding steroid dienone is 1. The lowest BCUT2D eigenvalue weighted by Crippen LogP contribution is -2.40. The monoisotopic (exact) mass is 551 g/mol. The molecule has 0 unspecified atom stereocenters. The van der Waals surface area contributed by atoms with Crippen molar-refractivity contribution in [3.63, 3.8) is 0 Å². The quantitative estimate of drug-likeness (QED) is 0.423. The number of benzene rings is 2. The minimum atomic E-state index is -0.789. The van der Waals surface area contributed by atoms with Gasteiger partial charge in [0.05, 0.1) is 29.5 Å². The van der Waals surface area contributed by atoms with E-state index in [0.29, 0.717) is 31.4 Å². The molecule has 2 aliphatic rings. The summed E-state index contributed by atoms with van der Waals surface area (Å²) < 4.78 is 13.1. The number of esters is 1. The normalized spacial score (nSPS) is 17.7. The third kappa shape index (κ3) is 5.02. The van der Waals surface area contributed by atoms with Crippen molar-refractivity contribution in [2.45, 2.75) is 39.2 Å². The summed E-state index contributed by atoms with van der Waals surface area (Å²) >= 11 is 7.65. The highest BCUT2D eigenvalue weighted by Crippen LogP contribution is 2.37. The van der Waals surface area contributed by atoms with Crippen molar-refractivity contribution < 1.29 is 14.3 Å². The summed E-state index contributed by atoms with van der Waals surface area (Å²) in [5, 5.41) is 0.467. The van der Waals surface area contributed by atoms with Crippen molar-refractivity contribution in [3.05, 3.63) is 89.6 Å². The lowest BCUT2D eigenvalue weighted by atomic mass is 9.95. The molecule has 0 amide bonds. The summed E-state index contributed by atoms with van der Waals surface area (Å²) in [5.41, 5.74) is 3.26. The Labute approximate surface area is 230 Å². The molecule has 1 saturated heterocycles. The molecule has 0 saturated carbocycles. The summed E-state index contributed by atoms with van der Waals surface area (Å²) in [4.78, 5) is 34.5. The van der Waals surface area contributed by atoms with Crippen molar-refractivity contribution in [2.75, 3.05) is 31.7 Å². The summed E-state index contributed by atoms with van der Waals surface area (Å²) in [6.07, 6.45) is 5.59. The number of halogens is 1. The van der Waals surface area contributed by atoms with Gasteiger partial charge in [0.1, 0.15) is 11.8 Å². The van der Waals surface area contributed by atoms with E-state index in [1.165, 1.54) is 36.3 Å². The van der Waals surface area contributed by atoms with E-state index >= 15 is 0 Å². The molecular weight excluding hydrogens is 522 g/mol. The van der Waals surface area contributed by atoms with E-state index in [9.17, 15) is 9.59 Å². The summed E-state index contributed by atoms with van der Waals surface area (Å²) in [6.45, 7) is 5.86. The third-order valence-corrected chi connectivity index (χ3v) is 8.13. The molecule has 7 nitrogen and oxygen atoms in total. The molecule has 0 bridgehead atoms. The molecule has 2 aromatic carbocycles. The predicted molar refractivity (Wildman–Crippen MR) is 151 cm³/mol. The van der Waals surface area contributed by atoms with E-state index in [2.05, 4.69) is 22.0 Å². The number of thiazole rings is 1. The number of methoxy groups -OCH3 is 1. The van der Waals surface area contributed by atoms with Crippen LogP contribution in [0.2, 0.25) is 5.02 Å². The van der Waals surface area contributed by atoms with Gasteiger partial charge in [-0.3, -0.25) is 9.36 Å². The van der Waals surface area contributed by atoms with Gasteiger partial charge in [-0.05, 0) is 75.1 Å². The molecule has 3 heterocycles. The number of carbonyl (C=O) groups is 1. The fourth-order valence-corrected chi connectivity index (χ4v) is 6.32. The SMILES string of the molecule is CCOC(=O)C1=C(C)N=c2s/c(=C\c3ccc(N4CCCCC4)cc3)c(=O)n2[C@@H]1c1cc(Cl)ccc1OC. The Balaban J connectivity index is 1.63. The summed E-state index contributed by atoms with van der Waals surface area (Å²) in [7, 11) is 1.55. The number of nitrogens with zero attached hydrogens (tertiary/aromatic N) is 3. The van der Waals surface area contributed by atoms with Crippen LogP contribution in [0.3, 0.4) is 0 Å². The van der Waals surface area contributed by atoms with Crippen molar-refractivity contribution in [1.29, 1.82) is 0 Å². The number of anilines is 1. The summed E-state index contributed by atoms with van der Waals surface area (Å²) in [6, 6.07) is 12.7. The van der Waals surface area contributed by atoms with E-state index in [1.807, 2.05) is 18.2 Å². The minimum absolute atomic E-state index is 0.201. The Bertz CT molecular complexity index is 1570. The first-order chi connectivity index (χ1) is 18.4. The van der Waals surface area contributed by atoms with E-state index in [4.69, 9.17) is 21.1 Å². The van der Waals surface area contributed by atoms with Gasteiger partial charge in [0, 0.05) is 29.4 Å². The zero-order chi connectivity index (χ0) is 26.8. The first kappa shape index (κ1) is 26.3. The summed E-state index contributed by atoms with van der Waals surface area (Å²) in [5.74, 6) is -0.0119. The Morgan fingerprint density at radius 3 is 2.58 bits per heavy atom. The number of rotatable bonds is 6. The van der Waals surface area contributed by atoms with Gasteiger partial charge in [-0.15, -0.1) is 0 Å². The lowest BCUT2D eigenvalue weighted by molar-refractivity contribution is -0.139. The Morgan fingerprint density at radius 2 is 1.89 bits per heavy atom. The van der Waals surface area contributed by atoms with Crippen LogP contribution >= 0.6 is 22.9 Å². The molecule has 1 atom stereocenters. The average molecular weight is 552 g/mol. The van der Waals surface area contributed by atoms with Gasteiger partial charge in [0.15, 0.2) is 4.80 Å². The van der Waals surface area contributed by atoms with Crippen LogP contribution in [0.4, 0.5) is 5.69 Å². The van der Waals surface area contributed by atoms with Gasteiger partial charge < -0.3 is 14.4 Å². The van der Waals surface area contributed by atoms with Crippen LogP contribution in [0.25, 0.3) is 6.08 Å². The molecule has 5 rings (SSSR count). The topological polar surface area (TPSA) is 73.1 Å². The largest absolute Gasteiger partial charge is 0.496 e. The van der Waals surface area contributed by atoms with E-state index in [-0.39, 0.29) is 17.7 Å². The van der Waals surface area contributed by atoms with Gasteiger partial charge in [0.25, 0.3) is 5.56 Å². The van der Waals surface area contributed by atoms with Gasteiger partial charge in [-0.1, -0.05) is 35.1 Å². The number of fused-ring (bicyclic) bond motifs is 1. The van der Waals surface area contributed by atoms with Crippen LogP contribution in [0.15, 0.2) is 63.5 Å². The number of piperidine rings is 1. The molecule has 9 heteroatoms. The highest BCUT2D eigenvalue weighted by Gasteiger charge is 2.35. The molecule has 198 valence electrons. The third-order valence-electron chi connectivity index (χ3n) is 6.92. The first-order valence-corrected chi connectivity index (χ1v) is 14.0. The van der Waals surface area contributed by atoms with Crippen LogP contribution < -0.4 is 24.5 Å². The Morgan fingerprint density at radius 1 is 1.16 bits per heavy atom. The van der Waals surface area contributed by atoms with Crippen LogP contribution in [0.5, 0.6) is 5.75 Å². The number of carbonyl (C=O) groups excluding carboxylic acids is 1. The fourth-order valence-electron chi connectivity index (χ4n) is 5.09. The van der Waals surface area contributed by atoms with Crippen molar-refractivity contribution in [2.24, 2.45) is 4.99 Å². The molecule has 0 N–H and O–H groups in total. The molecule has 0 radical (unpaired) electrons. The molecule has 1 aromatic heterocycles. The number of ether oxygens (including phenoxy) is 2. The first-order valence-electron chi connectivity index (χ1n) is 12.8. The second-order valence-corrected chi connectivity index (χ2v) is 10.8. The van der Waals surface area contributed by atoms with Crippen LogP contribution in [0, 0.1) is 0 Å². The maximum Gasteiger partial charge on any atom is 0.338 e. The van der Waals surface area contributed by atoms with Crippen LogP contribution in [-0.4, -0.2) is 37.3 Å². The van der Waals surface area contributed by atoms with Crippen molar-refractivity contribution in [3.8, 4) is 5.75 Å². The highest BCUT2D eigenvalue weighted by atomic mass is 35.5. The van der Waals surface area contributed by atoms with Crippen molar-refractivity contribution >= 4 is 40.7 Å². The van der Waals surface area contributed by atoms with Crippen LogP contribution in [-0.2, 0) is 9.53 Å². The molecule has 3 aromatic rings. The standard InChI is InChI=1S/C29H30ClN3O4S/c1-4-37-28(35)25-18(2)31-29-33(26(25)22-17-20(30)10-13-23(22)36-3)27(34)24(38-29)16-19-8-11-21(12-9-19)32-14-6-5-7-15-32/h8-13,16-17,26H,4-7,14-15H2,1-3H3/b24-16-/t26-/m1/s1. The molecule has 38 heavy (non-hydrogen) atoms. The number of aromatic nitrogens is 1. The number of hydrogen-bond donors (Lipinski definition) is 0. The van der Waals surface area contributed by atoms with Gasteiger partial charge >= 0.3 is 5.97 Å². The van der Waals surface area contributed by atoms with E-state index in [1.54, 1.807) is 43.7 Å². The maximum atomic E-state index is 13.9. The molecule has 0 spiro atoms. The zero-order valence-corrected chi connectivity index (χ0v) is 23.3. The molecule has 0 aliphatic carbocycles. The van der Waals surface area contributed by atoms with Gasteiger partial charge in [-0.2, -0.15) is 0 Å². The smallest absolute Gasteiger partial charge is 0.338 e. The lowest BCUT2D eigenvalue weighted by Gasteiger charge is -2.28. The molecule has 1 fully saturated rings. The number of hydrogen-bond acceptors (Lipinski definition) is 7. The molecular formula is C29H30ClN3O4S. The van der Waals surface area contributed by atoms with Crippen LogP contribution in [0.1, 0.15) is 50.3 Å². The zero-order valence-electron chi connectivity index (χ0n) is 21.7. The maximum absolute atomic E-state index is 13.9. The van der Waals surface area contributed by atoms with Gasteiger partial charge in [0.2, 0.25) is 0 Å². The Kier molecular flexibility index (Phi) is 7.72. The van der Waals surface area contributed by atoms with E-state index in [0.717, 1.165) is 18.7 Å². The fraction of sp³-hybridized carbons (Fsp3) is 0.345. The predicted octanol–water partition coefficient (Wildman–Crippen LogP) is 4.45.